The van der Waals surface area contributed by atoms with E-state index in [9.17, 15) is 18.3 Å². The molecular formula is C23H34N2O4S. The number of likely N-dealkylation sites (tertiary alicyclic amines) is 1. The summed E-state index contributed by atoms with van der Waals surface area (Å²) in [6.07, 6.45) is 8.24. The fourth-order valence-corrected chi connectivity index (χ4v) is 6.69. The predicted octanol–water partition coefficient (Wildman–Crippen LogP) is 2.92. The molecule has 2 aliphatic carbocycles. The molecule has 2 atom stereocenters. The zero-order valence-electron chi connectivity index (χ0n) is 17.6. The molecular weight excluding hydrogens is 400 g/mol. The Kier molecular flexibility index (Phi) is 6.51. The van der Waals surface area contributed by atoms with Gasteiger partial charge in [0.2, 0.25) is 15.9 Å². The molecule has 1 aromatic carbocycles. The number of benzene rings is 1. The first-order valence-electron chi connectivity index (χ1n) is 11.4. The average molecular weight is 435 g/mol. The van der Waals surface area contributed by atoms with Gasteiger partial charge in [-0.2, -0.15) is 0 Å². The van der Waals surface area contributed by atoms with E-state index in [1.165, 1.54) is 0 Å². The Morgan fingerprint density at radius 2 is 1.80 bits per heavy atom. The Labute approximate surface area is 180 Å². The molecule has 1 aromatic rings. The van der Waals surface area contributed by atoms with E-state index in [-0.39, 0.29) is 23.7 Å². The monoisotopic (exact) mass is 434 g/mol. The molecule has 3 fully saturated rings. The maximum Gasteiger partial charge on any atom is 0.240 e. The van der Waals surface area contributed by atoms with Gasteiger partial charge < -0.3 is 10.0 Å². The maximum atomic E-state index is 13.1. The van der Waals surface area contributed by atoms with Crippen LogP contribution in [0, 0.1) is 17.8 Å². The van der Waals surface area contributed by atoms with Crippen molar-refractivity contribution in [2.24, 2.45) is 17.8 Å². The molecule has 2 N–H and O–H groups in total. The fraction of sp³-hybridized carbons (Fsp3) is 0.696. The summed E-state index contributed by atoms with van der Waals surface area (Å²) < 4.78 is 27.5. The zero-order valence-corrected chi connectivity index (χ0v) is 18.4. The molecule has 0 aromatic heterocycles. The Hall–Kier alpha value is -1.44. The van der Waals surface area contributed by atoms with Crippen molar-refractivity contribution in [1.29, 1.82) is 0 Å². The predicted molar refractivity (Wildman–Crippen MR) is 115 cm³/mol. The van der Waals surface area contributed by atoms with Crippen molar-refractivity contribution in [1.82, 2.24) is 9.62 Å². The van der Waals surface area contributed by atoms with Gasteiger partial charge in [-0.15, -0.1) is 0 Å². The SMILES string of the molecule is O=C(C1CCC(CNS(=O)(=O)c2ccccc2)CC1)N1CC[C@]2(O)CCCC[C@@H]2C1. The van der Waals surface area contributed by atoms with Crippen molar-refractivity contribution >= 4 is 15.9 Å². The molecule has 7 heteroatoms. The first kappa shape index (κ1) is 21.8. The van der Waals surface area contributed by atoms with Gasteiger partial charge in [-0.1, -0.05) is 31.0 Å². The number of carbonyl (C=O) groups excluding carboxylic acids is 1. The smallest absolute Gasteiger partial charge is 0.240 e. The van der Waals surface area contributed by atoms with Crippen LogP contribution < -0.4 is 4.72 Å². The lowest BCUT2D eigenvalue weighted by atomic mass is 9.71. The minimum absolute atomic E-state index is 0.0433. The third-order valence-corrected chi connectivity index (χ3v) is 8.99. The summed E-state index contributed by atoms with van der Waals surface area (Å²) in [5.41, 5.74) is -0.553. The van der Waals surface area contributed by atoms with Gasteiger partial charge in [-0.05, 0) is 63.0 Å². The standard InChI is InChI=1S/C23H34N2O4S/c26-22(25-15-14-23(27)13-5-4-6-20(23)17-25)19-11-9-18(10-12-19)16-24-30(28,29)21-7-2-1-3-8-21/h1-3,7-8,18-20,24,27H,4-6,9-17H2/t18?,19?,20-,23-/m1/s1. The molecule has 166 valence electrons. The van der Waals surface area contributed by atoms with E-state index >= 15 is 0 Å². The average Bonchev–Trinajstić information content (AvgIpc) is 2.77. The van der Waals surface area contributed by atoms with E-state index in [1.807, 2.05) is 4.90 Å². The normalized spacial score (nSPS) is 32.4. The summed E-state index contributed by atoms with van der Waals surface area (Å²) in [5.74, 6) is 0.790. The van der Waals surface area contributed by atoms with Crippen LogP contribution in [0.2, 0.25) is 0 Å². The quantitative estimate of drug-likeness (QED) is 0.746. The van der Waals surface area contributed by atoms with Crippen molar-refractivity contribution in [2.45, 2.75) is 68.3 Å². The third kappa shape index (κ3) is 4.73. The molecule has 1 heterocycles. The lowest BCUT2D eigenvalue weighted by molar-refractivity contribution is -0.148. The van der Waals surface area contributed by atoms with Crippen LogP contribution in [-0.4, -0.2) is 49.6 Å². The highest BCUT2D eigenvalue weighted by Crippen LogP contribution is 2.40. The van der Waals surface area contributed by atoms with Gasteiger partial charge in [0.25, 0.3) is 0 Å². The van der Waals surface area contributed by atoms with Crippen LogP contribution >= 0.6 is 0 Å². The number of hydrogen-bond donors (Lipinski definition) is 2. The van der Waals surface area contributed by atoms with E-state index in [0.29, 0.717) is 31.0 Å². The second kappa shape index (κ2) is 8.97. The first-order valence-corrected chi connectivity index (χ1v) is 12.9. The molecule has 6 nitrogen and oxygen atoms in total. The Bertz CT molecular complexity index is 836. The summed E-state index contributed by atoms with van der Waals surface area (Å²) in [6.45, 7) is 1.80. The minimum Gasteiger partial charge on any atom is -0.389 e. The van der Waals surface area contributed by atoms with Crippen LogP contribution in [0.4, 0.5) is 0 Å². The number of rotatable bonds is 5. The highest BCUT2D eigenvalue weighted by Gasteiger charge is 2.44. The molecule has 1 amide bonds. The number of sulfonamides is 1. The topological polar surface area (TPSA) is 86.7 Å². The van der Waals surface area contributed by atoms with E-state index in [2.05, 4.69) is 4.72 Å². The van der Waals surface area contributed by atoms with Crippen LogP contribution in [0.25, 0.3) is 0 Å². The second-order valence-corrected chi connectivity index (χ2v) is 11.2. The molecule has 4 rings (SSSR count). The van der Waals surface area contributed by atoms with Crippen LogP contribution in [0.5, 0.6) is 0 Å². The first-order chi connectivity index (χ1) is 14.4. The molecule has 0 bridgehead atoms. The van der Waals surface area contributed by atoms with Gasteiger partial charge in [-0.3, -0.25) is 4.79 Å². The Morgan fingerprint density at radius 3 is 2.53 bits per heavy atom. The number of hydrogen-bond acceptors (Lipinski definition) is 4. The van der Waals surface area contributed by atoms with Crippen LogP contribution in [0.15, 0.2) is 35.2 Å². The van der Waals surface area contributed by atoms with Gasteiger partial charge in [0.15, 0.2) is 0 Å². The van der Waals surface area contributed by atoms with E-state index < -0.39 is 15.6 Å². The zero-order chi connectivity index (χ0) is 21.2. The number of aliphatic hydroxyl groups is 1. The summed E-state index contributed by atoms with van der Waals surface area (Å²) in [6, 6.07) is 8.45. The minimum atomic E-state index is -3.47. The van der Waals surface area contributed by atoms with Crippen molar-refractivity contribution in [2.75, 3.05) is 19.6 Å². The Morgan fingerprint density at radius 1 is 1.07 bits per heavy atom. The molecule has 1 saturated heterocycles. The van der Waals surface area contributed by atoms with Gasteiger partial charge in [0.05, 0.1) is 10.5 Å². The van der Waals surface area contributed by atoms with Gasteiger partial charge in [0, 0.05) is 31.5 Å². The highest BCUT2D eigenvalue weighted by molar-refractivity contribution is 7.89. The molecule has 0 radical (unpaired) electrons. The van der Waals surface area contributed by atoms with E-state index in [1.54, 1.807) is 30.3 Å². The van der Waals surface area contributed by atoms with Gasteiger partial charge >= 0.3 is 0 Å². The van der Waals surface area contributed by atoms with Crippen molar-refractivity contribution in [3.63, 3.8) is 0 Å². The van der Waals surface area contributed by atoms with Crippen molar-refractivity contribution < 1.29 is 18.3 Å². The molecule has 30 heavy (non-hydrogen) atoms. The van der Waals surface area contributed by atoms with Crippen molar-refractivity contribution in [3.8, 4) is 0 Å². The number of nitrogens with one attached hydrogen (secondary N) is 1. The molecule has 2 saturated carbocycles. The Balaban J connectivity index is 1.25. The number of piperidine rings is 1. The summed E-state index contributed by atoms with van der Waals surface area (Å²) in [7, 11) is -3.47. The van der Waals surface area contributed by atoms with Crippen LogP contribution in [-0.2, 0) is 14.8 Å². The molecule has 0 unspecified atom stereocenters. The number of amides is 1. The summed E-state index contributed by atoms with van der Waals surface area (Å²) >= 11 is 0. The largest absolute Gasteiger partial charge is 0.389 e. The number of carbonyl (C=O) groups is 1. The highest BCUT2D eigenvalue weighted by atomic mass is 32.2. The van der Waals surface area contributed by atoms with Gasteiger partial charge in [-0.25, -0.2) is 13.1 Å². The summed E-state index contributed by atoms with van der Waals surface area (Å²) in [4.78, 5) is 15.4. The van der Waals surface area contributed by atoms with Crippen molar-refractivity contribution in [3.05, 3.63) is 30.3 Å². The van der Waals surface area contributed by atoms with E-state index in [0.717, 1.165) is 51.4 Å². The molecule has 0 spiro atoms. The molecule has 3 aliphatic rings. The molecule has 1 aliphatic heterocycles. The lowest BCUT2D eigenvalue weighted by Gasteiger charge is -2.48. The fourth-order valence-electron chi connectivity index (χ4n) is 5.55. The third-order valence-electron chi connectivity index (χ3n) is 7.55. The number of fused-ring (bicyclic) bond motifs is 1. The summed E-state index contributed by atoms with van der Waals surface area (Å²) in [5, 5.41) is 10.8. The van der Waals surface area contributed by atoms with Crippen LogP contribution in [0.3, 0.4) is 0 Å². The lowest BCUT2D eigenvalue weighted by Crippen LogP contribution is -2.55. The number of nitrogens with zero attached hydrogens (tertiary/aromatic N) is 1. The van der Waals surface area contributed by atoms with E-state index in [4.69, 9.17) is 0 Å². The van der Waals surface area contributed by atoms with Gasteiger partial charge in [0.1, 0.15) is 0 Å². The maximum absolute atomic E-state index is 13.1. The van der Waals surface area contributed by atoms with Crippen LogP contribution in [0.1, 0.15) is 57.8 Å². The second-order valence-electron chi connectivity index (χ2n) is 9.46.